The summed E-state index contributed by atoms with van der Waals surface area (Å²) in [5, 5.41) is 3.14. The van der Waals surface area contributed by atoms with E-state index < -0.39 is 0 Å². The van der Waals surface area contributed by atoms with E-state index in [1.54, 1.807) is 0 Å². The topological polar surface area (TPSA) is 55.1 Å². The molecule has 2 atom stereocenters. The van der Waals surface area contributed by atoms with E-state index in [0.717, 1.165) is 17.5 Å². The summed E-state index contributed by atoms with van der Waals surface area (Å²) in [6.45, 7) is 4.49. The quantitative estimate of drug-likeness (QED) is 0.810. The lowest BCUT2D eigenvalue weighted by Gasteiger charge is -2.18. The largest absolute Gasteiger partial charge is 0.349 e. The molecule has 0 spiro atoms. The second-order valence-corrected chi connectivity index (χ2v) is 5.54. The number of amides is 1. The van der Waals surface area contributed by atoms with Gasteiger partial charge >= 0.3 is 0 Å². The average molecular weight is 270 g/mol. The Balaban J connectivity index is 2.20. The third kappa shape index (κ3) is 3.40. The Labute approximate surface area is 120 Å². The smallest absolute Gasteiger partial charge is 0.252 e. The molecule has 0 aromatic heterocycles. The first-order chi connectivity index (χ1) is 9.61. The maximum atomic E-state index is 12.4. The van der Waals surface area contributed by atoms with Gasteiger partial charge < -0.3 is 11.1 Å². The molecule has 106 valence electrons. The van der Waals surface area contributed by atoms with Gasteiger partial charge in [-0.3, -0.25) is 4.79 Å². The van der Waals surface area contributed by atoms with E-state index in [-0.39, 0.29) is 5.91 Å². The van der Waals surface area contributed by atoms with Crippen LogP contribution in [0.1, 0.15) is 47.7 Å². The van der Waals surface area contributed by atoms with Crippen molar-refractivity contribution >= 4 is 5.91 Å². The molecule has 0 aliphatic heterocycles. The SMILES string of the molecule is Cc1ccc(C(=O)NC2CCCC2C)c(C#CCN)c1. The number of hydrogen-bond acceptors (Lipinski definition) is 2. The molecule has 1 amide bonds. The van der Waals surface area contributed by atoms with Crippen molar-refractivity contribution < 1.29 is 4.79 Å². The third-order valence-electron chi connectivity index (χ3n) is 3.92. The molecule has 0 heterocycles. The Kier molecular flexibility index (Phi) is 4.81. The van der Waals surface area contributed by atoms with E-state index in [1.807, 2.05) is 25.1 Å². The van der Waals surface area contributed by atoms with Gasteiger partial charge in [-0.2, -0.15) is 0 Å². The van der Waals surface area contributed by atoms with Crippen molar-refractivity contribution in [3.63, 3.8) is 0 Å². The van der Waals surface area contributed by atoms with Crippen molar-refractivity contribution in [2.24, 2.45) is 11.7 Å². The van der Waals surface area contributed by atoms with E-state index in [9.17, 15) is 4.79 Å². The van der Waals surface area contributed by atoms with Crippen LogP contribution in [-0.2, 0) is 0 Å². The van der Waals surface area contributed by atoms with Gasteiger partial charge in [0, 0.05) is 11.6 Å². The zero-order chi connectivity index (χ0) is 14.5. The van der Waals surface area contributed by atoms with Gasteiger partial charge in [0.15, 0.2) is 0 Å². The van der Waals surface area contributed by atoms with Crippen LogP contribution in [0, 0.1) is 24.7 Å². The number of nitrogens with one attached hydrogen (secondary N) is 1. The summed E-state index contributed by atoms with van der Waals surface area (Å²) in [5.41, 5.74) is 7.92. The molecule has 1 aliphatic carbocycles. The lowest BCUT2D eigenvalue weighted by atomic mass is 10.0. The molecule has 3 N–H and O–H groups in total. The molecular formula is C17H22N2O. The number of rotatable bonds is 2. The number of nitrogens with two attached hydrogens (primary N) is 1. The maximum Gasteiger partial charge on any atom is 0.252 e. The zero-order valence-electron chi connectivity index (χ0n) is 12.2. The van der Waals surface area contributed by atoms with Crippen molar-refractivity contribution in [2.75, 3.05) is 6.54 Å². The highest BCUT2D eigenvalue weighted by atomic mass is 16.1. The van der Waals surface area contributed by atoms with Crippen molar-refractivity contribution in [1.82, 2.24) is 5.32 Å². The summed E-state index contributed by atoms with van der Waals surface area (Å²) in [4.78, 5) is 12.4. The van der Waals surface area contributed by atoms with E-state index in [4.69, 9.17) is 5.73 Å². The van der Waals surface area contributed by atoms with Crippen LogP contribution in [0.15, 0.2) is 18.2 Å². The lowest BCUT2D eigenvalue weighted by molar-refractivity contribution is 0.0929. The van der Waals surface area contributed by atoms with Crippen molar-refractivity contribution in [3.8, 4) is 11.8 Å². The van der Waals surface area contributed by atoms with Gasteiger partial charge in [0.2, 0.25) is 0 Å². The number of carbonyl (C=O) groups excluding carboxylic acids is 1. The summed E-state index contributed by atoms with van der Waals surface area (Å²) in [5.74, 6) is 6.36. The fourth-order valence-electron chi connectivity index (χ4n) is 2.71. The molecule has 3 nitrogen and oxygen atoms in total. The van der Waals surface area contributed by atoms with Crippen LogP contribution in [0.3, 0.4) is 0 Å². The molecule has 1 saturated carbocycles. The highest BCUT2D eigenvalue weighted by Crippen LogP contribution is 2.25. The first kappa shape index (κ1) is 14.6. The highest BCUT2D eigenvalue weighted by molar-refractivity contribution is 5.97. The normalized spacial score (nSPS) is 21.1. The van der Waals surface area contributed by atoms with Gasteiger partial charge in [0.25, 0.3) is 5.91 Å². The molecule has 2 unspecified atom stereocenters. The van der Waals surface area contributed by atoms with E-state index in [0.29, 0.717) is 24.1 Å². The number of hydrogen-bond donors (Lipinski definition) is 2. The third-order valence-corrected chi connectivity index (χ3v) is 3.92. The molecule has 1 aliphatic rings. The van der Waals surface area contributed by atoms with Crippen LogP contribution in [-0.4, -0.2) is 18.5 Å². The average Bonchev–Trinajstić information content (AvgIpc) is 2.82. The summed E-state index contributed by atoms with van der Waals surface area (Å²) in [6, 6.07) is 6.03. The maximum absolute atomic E-state index is 12.4. The van der Waals surface area contributed by atoms with Crippen LogP contribution >= 0.6 is 0 Å². The molecule has 20 heavy (non-hydrogen) atoms. The highest BCUT2D eigenvalue weighted by Gasteiger charge is 2.25. The molecule has 2 rings (SSSR count). The van der Waals surface area contributed by atoms with E-state index in [2.05, 4.69) is 24.1 Å². The van der Waals surface area contributed by atoms with Gasteiger partial charge in [0.1, 0.15) is 0 Å². The van der Waals surface area contributed by atoms with Crippen molar-refractivity contribution in [1.29, 1.82) is 0 Å². The van der Waals surface area contributed by atoms with Gasteiger partial charge in [-0.1, -0.05) is 31.3 Å². The van der Waals surface area contributed by atoms with Crippen molar-refractivity contribution in [3.05, 3.63) is 34.9 Å². The molecular weight excluding hydrogens is 248 g/mol. The number of benzene rings is 1. The van der Waals surface area contributed by atoms with Crippen molar-refractivity contribution in [2.45, 2.75) is 39.2 Å². The fourth-order valence-corrected chi connectivity index (χ4v) is 2.71. The fraction of sp³-hybridized carbons (Fsp3) is 0.471. The van der Waals surface area contributed by atoms with Gasteiger partial charge in [-0.15, -0.1) is 0 Å². The minimum atomic E-state index is -0.0231. The first-order valence-corrected chi connectivity index (χ1v) is 7.22. The number of carbonyl (C=O) groups is 1. The zero-order valence-corrected chi connectivity index (χ0v) is 12.2. The molecule has 1 fully saturated rings. The standard InChI is InChI=1S/C17H22N2O/c1-12-8-9-15(14(11-12)6-4-10-18)17(20)19-16-7-3-5-13(16)2/h8-9,11,13,16H,3,5,7,10,18H2,1-2H3,(H,19,20). The molecule has 1 aromatic carbocycles. The Bertz CT molecular complexity index is 554. The van der Waals surface area contributed by atoms with Gasteiger partial charge in [-0.05, 0) is 43.4 Å². The predicted molar refractivity (Wildman–Crippen MR) is 81.4 cm³/mol. The van der Waals surface area contributed by atoms with E-state index in [1.165, 1.54) is 12.8 Å². The first-order valence-electron chi connectivity index (χ1n) is 7.22. The summed E-state index contributed by atoms with van der Waals surface area (Å²) >= 11 is 0. The Morgan fingerprint density at radius 3 is 2.90 bits per heavy atom. The second-order valence-electron chi connectivity index (χ2n) is 5.54. The number of aryl methyl sites for hydroxylation is 1. The monoisotopic (exact) mass is 270 g/mol. The van der Waals surface area contributed by atoms with Crippen LogP contribution in [0.2, 0.25) is 0 Å². The molecule has 0 radical (unpaired) electrons. The van der Waals surface area contributed by atoms with Crippen LogP contribution in [0.4, 0.5) is 0 Å². The van der Waals surface area contributed by atoms with Gasteiger partial charge in [0.05, 0.1) is 12.1 Å². The minimum Gasteiger partial charge on any atom is -0.349 e. The van der Waals surface area contributed by atoms with Crippen LogP contribution in [0.5, 0.6) is 0 Å². The molecule has 3 heteroatoms. The van der Waals surface area contributed by atoms with Gasteiger partial charge in [-0.25, -0.2) is 0 Å². The second kappa shape index (κ2) is 6.58. The molecule has 0 bridgehead atoms. The molecule has 0 saturated heterocycles. The van der Waals surface area contributed by atoms with E-state index >= 15 is 0 Å². The minimum absolute atomic E-state index is 0.0231. The summed E-state index contributed by atoms with van der Waals surface area (Å²) in [6.07, 6.45) is 3.46. The molecule has 1 aromatic rings. The summed E-state index contributed by atoms with van der Waals surface area (Å²) < 4.78 is 0. The Morgan fingerprint density at radius 2 is 2.25 bits per heavy atom. The van der Waals surface area contributed by atoms with Crippen LogP contribution < -0.4 is 11.1 Å². The van der Waals surface area contributed by atoms with Crippen LogP contribution in [0.25, 0.3) is 0 Å². The predicted octanol–water partition coefficient (Wildman–Crippen LogP) is 2.22. The Morgan fingerprint density at radius 1 is 1.45 bits per heavy atom. The lowest BCUT2D eigenvalue weighted by Crippen LogP contribution is -2.36. The summed E-state index contributed by atoms with van der Waals surface area (Å²) in [7, 11) is 0. The Hall–Kier alpha value is -1.79.